The third-order valence-electron chi connectivity index (χ3n) is 2.87. The van der Waals surface area contributed by atoms with Crippen molar-refractivity contribution in [3.8, 4) is 11.3 Å². The highest BCUT2D eigenvalue weighted by Crippen LogP contribution is 2.33. The molecule has 17 heavy (non-hydrogen) atoms. The van der Waals surface area contributed by atoms with Gasteiger partial charge in [0.05, 0.1) is 0 Å². The number of halogens is 1. The maximum Gasteiger partial charge on any atom is 0.134 e. The molecule has 1 aromatic heterocycles. The zero-order valence-corrected chi connectivity index (χ0v) is 10.2. The second kappa shape index (κ2) is 3.64. The van der Waals surface area contributed by atoms with Crippen molar-refractivity contribution in [2.24, 2.45) is 0 Å². The first-order valence-corrected chi connectivity index (χ1v) is 5.81. The van der Waals surface area contributed by atoms with Crippen LogP contribution in [0.1, 0.15) is 11.4 Å². The number of aromatic amines is 1. The molecule has 0 atom stereocenters. The number of fused-ring (bicyclic) bond motifs is 1. The van der Waals surface area contributed by atoms with E-state index in [0.29, 0.717) is 5.15 Å². The van der Waals surface area contributed by atoms with Gasteiger partial charge in [0.15, 0.2) is 0 Å². The van der Waals surface area contributed by atoms with Gasteiger partial charge >= 0.3 is 0 Å². The number of benzene rings is 1. The molecule has 3 rings (SSSR count). The molecule has 0 spiro atoms. The highest BCUT2D eigenvalue weighted by molar-refractivity contribution is 6.31. The van der Waals surface area contributed by atoms with Crippen LogP contribution in [0.3, 0.4) is 0 Å². The summed E-state index contributed by atoms with van der Waals surface area (Å²) in [4.78, 5) is 7.40. The zero-order valence-electron chi connectivity index (χ0n) is 9.47. The molecule has 2 heterocycles. The molecule has 0 saturated heterocycles. The molecule has 0 bridgehead atoms. The van der Waals surface area contributed by atoms with Crippen molar-refractivity contribution in [2.45, 2.75) is 13.3 Å². The molecule has 2 aromatic rings. The van der Waals surface area contributed by atoms with Crippen LogP contribution < -0.4 is 5.32 Å². The topological polar surface area (TPSA) is 40.7 Å². The predicted octanol–water partition coefficient (Wildman–Crippen LogP) is 3.52. The molecule has 0 unspecified atom stereocenters. The van der Waals surface area contributed by atoms with Crippen LogP contribution in [0.15, 0.2) is 30.5 Å². The van der Waals surface area contributed by atoms with Crippen molar-refractivity contribution in [3.63, 3.8) is 0 Å². The van der Waals surface area contributed by atoms with Crippen LogP contribution in [-0.2, 0) is 6.42 Å². The Kier molecular flexibility index (Phi) is 2.23. The van der Waals surface area contributed by atoms with Crippen LogP contribution in [0.4, 0.5) is 5.69 Å². The van der Waals surface area contributed by atoms with Gasteiger partial charge in [-0.3, -0.25) is 0 Å². The predicted molar refractivity (Wildman–Crippen MR) is 70.2 cm³/mol. The molecule has 0 aliphatic carbocycles. The first kappa shape index (κ1) is 10.4. The second-order valence-corrected chi connectivity index (χ2v) is 4.64. The van der Waals surface area contributed by atoms with E-state index in [9.17, 15) is 0 Å². The van der Waals surface area contributed by atoms with E-state index in [1.807, 2.05) is 19.1 Å². The fourth-order valence-corrected chi connectivity index (χ4v) is 2.42. The highest BCUT2D eigenvalue weighted by atomic mass is 35.5. The van der Waals surface area contributed by atoms with E-state index in [-0.39, 0.29) is 0 Å². The molecular formula is C13H12ClN3. The van der Waals surface area contributed by atoms with E-state index >= 15 is 0 Å². The Labute approximate surface area is 105 Å². The van der Waals surface area contributed by atoms with Crippen molar-refractivity contribution >= 4 is 17.3 Å². The fraction of sp³-hybridized carbons (Fsp3) is 0.154. The number of aryl methyl sites for hydroxylation is 1. The maximum absolute atomic E-state index is 6.11. The number of allylic oxidation sites excluding steroid dienone is 1. The average Bonchev–Trinajstić information content (AvgIpc) is 2.78. The summed E-state index contributed by atoms with van der Waals surface area (Å²) >= 11 is 6.11. The summed E-state index contributed by atoms with van der Waals surface area (Å²) in [6.45, 7) is 5.83. The van der Waals surface area contributed by atoms with Gasteiger partial charge < -0.3 is 10.3 Å². The van der Waals surface area contributed by atoms with E-state index in [0.717, 1.165) is 34.9 Å². The smallest absolute Gasteiger partial charge is 0.134 e. The van der Waals surface area contributed by atoms with E-state index in [2.05, 4.69) is 27.9 Å². The van der Waals surface area contributed by atoms with Crippen LogP contribution in [-0.4, -0.2) is 9.97 Å². The molecule has 0 saturated carbocycles. The summed E-state index contributed by atoms with van der Waals surface area (Å²) in [6, 6.07) is 6.18. The Bertz CT molecular complexity index is 613. The highest BCUT2D eigenvalue weighted by Gasteiger charge is 2.16. The van der Waals surface area contributed by atoms with E-state index < -0.39 is 0 Å². The minimum atomic E-state index is 0.590. The summed E-state index contributed by atoms with van der Waals surface area (Å²) < 4.78 is 0. The minimum absolute atomic E-state index is 0.590. The van der Waals surface area contributed by atoms with Crippen LogP contribution >= 0.6 is 11.6 Å². The minimum Gasteiger partial charge on any atom is -0.359 e. The van der Waals surface area contributed by atoms with Gasteiger partial charge in [-0.1, -0.05) is 24.2 Å². The SMILES string of the molecule is C=C1Cc2cc(-c3nc(C)[nH]c3Cl)ccc2N1. The number of aromatic nitrogens is 2. The van der Waals surface area contributed by atoms with Crippen molar-refractivity contribution in [2.75, 3.05) is 5.32 Å². The Hall–Kier alpha value is -1.74. The van der Waals surface area contributed by atoms with Gasteiger partial charge in [0.25, 0.3) is 0 Å². The van der Waals surface area contributed by atoms with E-state index in [4.69, 9.17) is 11.6 Å². The third-order valence-corrected chi connectivity index (χ3v) is 3.15. The molecule has 86 valence electrons. The Morgan fingerprint density at radius 3 is 2.94 bits per heavy atom. The van der Waals surface area contributed by atoms with E-state index in [1.165, 1.54) is 5.56 Å². The maximum atomic E-state index is 6.11. The summed E-state index contributed by atoms with van der Waals surface area (Å²) in [7, 11) is 0. The summed E-state index contributed by atoms with van der Waals surface area (Å²) in [6.07, 6.45) is 0.865. The van der Waals surface area contributed by atoms with Gasteiger partial charge in [0.1, 0.15) is 16.7 Å². The number of nitrogens with one attached hydrogen (secondary N) is 2. The lowest BCUT2D eigenvalue weighted by molar-refractivity contribution is 1.15. The summed E-state index contributed by atoms with van der Waals surface area (Å²) in [5.41, 5.74) is 5.24. The number of imidazole rings is 1. The van der Waals surface area contributed by atoms with Gasteiger partial charge in [-0.2, -0.15) is 0 Å². The number of hydrogen-bond donors (Lipinski definition) is 2. The van der Waals surface area contributed by atoms with Crippen LogP contribution in [0.25, 0.3) is 11.3 Å². The van der Waals surface area contributed by atoms with Crippen LogP contribution in [0, 0.1) is 6.92 Å². The Balaban J connectivity index is 2.09. The zero-order chi connectivity index (χ0) is 12.0. The van der Waals surface area contributed by atoms with Gasteiger partial charge in [-0.15, -0.1) is 0 Å². The molecule has 2 N–H and O–H groups in total. The number of anilines is 1. The van der Waals surface area contributed by atoms with Gasteiger partial charge in [0.2, 0.25) is 0 Å². The number of hydrogen-bond acceptors (Lipinski definition) is 2. The lowest BCUT2D eigenvalue weighted by Gasteiger charge is -2.02. The van der Waals surface area contributed by atoms with Crippen molar-refractivity contribution in [1.29, 1.82) is 0 Å². The van der Waals surface area contributed by atoms with E-state index in [1.54, 1.807) is 0 Å². The largest absolute Gasteiger partial charge is 0.359 e. The third kappa shape index (κ3) is 1.72. The molecule has 1 aromatic carbocycles. The second-order valence-electron chi connectivity index (χ2n) is 4.26. The average molecular weight is 246 g/mol. The van der Waals surface area contributed by atoms with Gasteiger partial charge in [0, 0.05) is 23.4 Å². The summed E-state index contributed by atoms with van der Waals surface area (Å²) in [5, 5.41) is 3.83. The fourth-order valence-electron chi connectivity index (χ4n) is 2.13. The molecular weight excluding hydrogens is 234 g/mol. The monoisotopic (exact) mass is 245 g/mol. The molecule has 0 radical (unpaired) electrons. The van der Waals surface area contributed by atoms with Crippen molar-refractivity contribution < 1.29 is 0 Å². The van der Waals surface area contributed by atoms with Crippen molar-refractivity contribution in [3.05, 3.63) is 47.0 Å². The molecule has 3 nitrogen and oxygen atoms in total. The number of nitrogens with zero attached hydrogens (tertiary/aromatic N) is 1. The standard InChI is InChI=1S/C13H12ClN3/c1-7-5-10-6-9(3-4-11(10)15-7)12-13(14)17-8(2)16-12/h3-4,6,15H,1,5H2,2H3,(H,16,17). The first-order chi connectivity index (χ1) is 8.13. The van der Waals surface area contributed by atoms with Crippen molar-refractivity contribution in [1.82, 2.24) is 9.97 Å². The molecule has 0 fully saturated rings. The molecule has 4 heteroatoms. The van der Waals surface area contributed by atoms with Crippen LogP contribution in [0.5, 0.6) is 0 Å². The normalized spacial score (nSPS) is 13.6. The molecule has 0 amide bonds. The first-order valence-electron chi connectivity index (χ1n) is 5.43. The number of H-pyrrole nitrogens is 1. The summed E-state index contributed by atoms with van der Waals surface area (Å²) in [5.74, 6) is 0.827. The van der Waals surface area contributed by atoms with Gasteiger partial charge in [-0.25, -0.2) is 4.98 Å². The lowest BCUT2D eigenvalue weighted by atomic mass is 10.1. The van der Waals surface area contributed by atoms with Gasteiger partial charge in [-0.05, 0) is 24.6 Å². The van der Waals surface area contributed by atoms with Crippen LogP contribution in [0.2, 0.25) is 5.15 Å². The lowest BCUT2D eigenvalue weighted by Crippen LogP contribution is -1.87. The Morgan fingerprint density at radius 1 is 1.41 bits per heavy atom. The molecule has 1 aliphatic heterocycles. The number of rotatable bonds is 1. The Morgan fingerprint density at radius 2 is 2.24 bits per heavy atom. The quantitative estimate of drug-likeness (QED) is 0.807. The molecule has 1 aliphatic rings.